The SMILES string of the molecule is CCn1/c(=N/S(=O)(=O)c2ccc(OC)cc2)sc2c(OC)ccc(OC)c21. The summed E-state index contributed by atoms with van der Waals surface area (Å²) in [7, 11) is 0.788. The lowest BCUT2D eigenvalue weighted by molar-refractivity contribution is 0.409. The van der Waals surface area contributed by atoms with Gasteiger partial charge in [-0.05, 0) is 43.3 Å². The molecule has 0 spiro atoms. The Morgan fingerprint density at radius 3 is 2.15 bits per heavy atom. The van der Waals surface area contributed by atoms with E-state index >= 15 is 0 Å². The van der Waals surface area contributed by atoms with Gasteiger partial charge in [-0.2, -0.15) is 8.42 Å². The lowest BCUT2D eigenvalue weighted by atomic mass is 10.3. The minimum absolute atomic E-state index is 0.0994. The normalized spacial score (nSPS) is 12.4. The Bertz CT molecular complexity index is 1130. The van der Waals surface area contributed by atoms with Crippen molar-refractivity contribution in [3.05, 3.63) is 41.2 Å². The first-order valence-electron chi connectivity index (χ1n) is 8.14. The van der Waals surface area contributed by atoms with Gasteiger partial charge >= 0.3 is 0 Å². The molecule has 0 radical (unpaired) electrons. The van der Waals surface area contributed by atoms with Gasteiger partial charge in [-0.3, -0.25) is 0 Å². The Morgan fingerprint density at radius 1 is 0.963 bits per heavy atom. The number of fused-ring (bicyclic) bond motifs is 1. The van der Waals surface area contributed by atoms with Crippen LogP contribution in [0.2, 0.25) is 0 Å². The Morgan fingerprint density at radius 2 is 1.59 bits per heavy atom. The van der Waals surface area contributed by atoms with E-state index in [0.717, 1.165) is 10.2 Å². The second-order valence-corrected chi connectivity index (χ2v) is 8.10. The quantitative estimate of drug-likeness (QED) is 0.626. The number of sulfonamides is 1. The molecule has 0 aliphatic heterocycles. The van der Waals surface area contributed by atoms with E-state index in [1.807, 2.05) is 11.5 Å². The van der Waals surface area contributed by atoms with Crippen molar-refractivity contribution in [2.45, 2.75) is 18.4 Å². The standard InChI is InChI=1S/C18H20N2O5S2/c1-5-20-16-14(24-3)10-11-15(25-4)17(16)26-18(20)19-27(21,22)13-8-6-12(23-2)7-9-13/h6-11H,5H2,1-4H3/b19-18-. The van der Waals surface area contributed by atoms with Crippen molar-refractivity contribution in [2.75, 3.05) is 21.3 Å². The maximum Gasteiger partial charge on any atom is 0.285 e. The summed E-state index contributed by atoms with van der Waals surface area (Å²) in [4.78, 5) is 0.452. The third-order valence-corrected chi connectivity index (χ3v) is 6.55. The van der Waals surface area contributed by atoms with Crippen LogP contribution in [-0.4, -0.2) is 34.3 Å². The van der Waals surface area contributed by atoms with E-state index in [1.54, 1.807) is 38.5 Å². The number of methoxy groups -OCH3 is 3. The third kappa shape index (κ3) is 3.52. The number of aryl methyl sites for hydroxylation is 1. The monoisotopic (exact) mass is 408 g/mol. The number of thiazole rings is 1. The number of benzene rings is 2. The lowest BCUT2D eigenvalue weighted by Crippen LogP contribution is -2.16. The van der Waals surface area contributed by atoms with Crippen LogP contribution < -0.4 is 19.0 Å². The minimum Gasteiger partial charge on any atom is -0.497 e. The summed E-state index contributed by atoms with van der Waals surface area (Å²) in [6.45, 7) is 2.45. The fourth-order valence-corrected chi connectivity index (χ4v) is 5.13. The molecular weight excluding hydrogens is 388 g/mol. The van der Waals surface area contributed by atoms with Gasteiger partial charge in [0.1, 0.15) is 27.5 Å². The lowest BCUT2D eigenvalue weighted by Gasteiger charge is -2.08. The molecule has 9 heteroatoms. The molecule has 0 unspecified atom stereocenters. The van der Waals surface area contributed by atoms with E-state index in [1.165, 1.54) is 30.6 Å². The molecule has 0 aliphatic rings. The van der Waals surface area contributed by atoms with Crippen LogP contribution in [0.3, 0.4) is 0 Å². The van der Waals surface area contributed by atoms with Crippen LogP contribution in [0.5, 0.6) is 17.2 Å². The first-order valence-corrected chi connectivity index (χ1v) is 10.4. The average molecular weight is 409 g/mol. The van der Waals surface area contributed by atoms with Crippen LogP contribution in [0.25, 0.3) is 10.2 Å². The van der Waals surface area contributed by atoms with E-state index in [9.17, 15) is 8.42 Å². The van der Waals surface area contributed by atoms with Crippen molar-refractivity contribution in [3.63, 3.8) is 0 Å². The number of rotatable bonds is 6. The zero-order valence-corrected chi connectivity index (χ0v) is 17.1. The summed E-state index contributed by atoms with van der Waals surface area (Å²) in [6.07, 6.45) is 0. The first kappa shape index (κ1) is 19.2. The Hall–Kier alpha value is -2.52. The number of hydrogen-bond acceptors (Lipinski definition) is 6. The van der Waals surface area contributed by atoms with Crippen LogP contribution in [-0.2, 0) is 16.6 Å². The average Bonchev–Trinajstić information content (AvgIpc) is 3.04. The third-order valence-electron chi connectivity index (χ3n) is 4.06. The molecule has 0 saturated heterocycles. The van der Waals surface area contributed by atoms with Gasteiger partial charge in [0.05, 0.1) is 26.2 Å². The number of nitrogens with zero attached hydrogens (tertiary/aromatic N) is 2. The molecule has 2 aromatic carbocycles. The molecule has 0 fully saturated rings. The first-order chi connectivity index (χ1) is 12.9. The molecule has 27 heavy (non-hydrogen) atoms. The van der Waals surface area contributed by atoms with Crippen molar-refractivity contribution >= 4 is 31.6 Å². The molecule has 0 bridgehead atoms. The minimum atomic E-state index is -3.88. The summed E-state index contributed by atoms with van der Waals surface area (Å²) >= 11 is 1.25. The predicted octanol–water partition coefficient (Wildman–Crippen LogP) is 3.04. The predicted molar refractivity (Wildman–Crippen MR) is 104 cm³/mol. The number of ether oxygens (including phenoxy) is 3. The van der Waals surface area contributed by atoms with Crippen LogP contribution in [0.4, 0.5) is 0 Å². The summed E-state index contributed by atoms with van der Waals surface area (Å²) in [6, 6.07) is 9.71. The largest absolute Gasteiger partial charge is 0.497 e. The zero-order chi connectivity index (χ0) is 19.6. The molecular formula is C18H20N2O5S2. The fourth-order valence-electron chi connectivity index (χ4n) is 2.72. The van der Waals surface area contributed by atoms with Crippen molar-refractivity contribution < 1.29 is 22.6 Å². The van der Waals surface area contributed by atoms with Crippen molar-refractivity contribution in [3.8, 4) is 17.2 Å². The Kier molecular flexibility index (Phi) is 5.43. The summed E-state index contributed by atoms with van der Waals surface area (Å²) < 4.78 is 48.2. The summed E-state index contributed by atoms with van der Waals surface area (Å²) in [5.41, 5.74) is 0.757. The van der Waals surface area contributed by atoms with Gasteiger partial charge in [0.2, 0.25) is 4.80 Å². The zero-order valence-electron chi connectivity index (χ0n) is 15.4. The highest BCUT2D eigenvalue weighted by Gasteiger charge is 2.18. The maximum absolute atomic E-state index is 12.8. The van der Waals surface area contributed by atoms with E-state index in [0.29, 0.717) is 28.6 Å². The van der Waals surface area contributed by atoms with Crippen LogP contribution in [0.1, 0.15) is 6.92 Å². The van der Waals surface area contributed by atoms with Gasteiger partial charge in [0, 0.05) is 6.54 Å². The van der Waals surface area contributed by atoms with Gasteiger partial charge in [0.25, 0.3) is 10.0 Å². The molecule has 0 atom stereocenters. The number of aromatic nitrogens is 1. The molecule has 0 amide bonds. The maximum atomic E-state index is 12.8. The number of hydrogen-bond donors (Lipinski definition) is 0. The van der Waals surface area contributed by atoms with E-state index in [2.05, 4.69) is 4.40 Å². The Balaban J connectivity index is 2.26. The highest BCUT2D eigenvalue weighted by molar-refractivity contribution is 7.90. The van der Waals surface area contributed by atoms with E-state index in [4.69, 9.17) is 14.2 Å². The summed E-state index contributed by atoms with van der Waals surface area (Å²) in [5.74, 6) is 1.85. The topological polar surface area (TPSA) is 79.1 Å². The molecule has 7 nitrogen and oxygen atoms in total. The van der Waals surface area contributed by atoms with Crippen molar-refractivity contribution in [2.24, 2.45) is 4.40 Å². The van der Waals surface area contributed by atoms with Crippen LogP contribution in [0.15, 0.2) is 45.7 Å². The molecule has 144 valence electrons. The van der Waals surface area contributed by atoms with E-state index in [-0.39, 0.29) is 4.90 Å². The molecule has 1 heterocycles. The molecule has 0 N–H and O–H groups in total. The van der Waals surface area contributed by atoms with E-state index < -0.39 is 10.0 Å². The summed E-state index contributed by atoms with van der Waals surface area (Å²) in [5, 5.41) is 0. The molecule has 3 aromatic rings. The molecule has 0 aliphatic carbocycles. The molecule has 3 rings (SSSR count). The second kappa shape index (κ2) is 7.61. The van der Waals surface area contributed by atoms with Gasteiger partial charge in [-0.25, -0.2) is 0 Å². The van der Waals surface area contributed by atoms with Gasteiger partial charge in [-0.15, -0.1) is 4.40 Å². The van der Waals surface area contributed by atoms with Gasteiger partial charge in [0.15, 0.2) is 0 Å². The van der Waals surface area contributed by atoms with Crippen molar-refractivity contribution in [1.82, 2.24) is 4.57 Å². The smallest absolute Gasteiger partial charge is 0.285 e. The molecule has 1 aromatic heterocycles. The highest BCUT2D eigenvalue weighted by atomic mass is 32.2. The van der Waals surface area contributed by atoms with Gasteiger partial charge < -0.3 is 18.8 Å². The Labute approximate surface area is 161 Å². The van der Waals surface area contributed by atoms with Crippen LogP contribution >= 0.6 is 11.3 Å². The van der Waals surface area contributed by atoms with Gasteiger partial charge in [-0.1, -0.05) is 11.3 Å². The second-order valence-electron chi connectivity index (χ2n) is 5.52. The molecule has 0 saturated carbocycles. The highest BCUT2D eigenvalue weighted by Crippen LogP contribution is 2.35. The van der Waals surface area contributed by atoms with Crippen molar-refractivity contribution in [1.29, 1.82) is 0 Å². The van der Waals surface area contributed by atoms with Crippen LogP contribution in [0, 0.1) is 0 Å². The fraction of sp³-hybridized carbons (Fsp3) is 0.278.